The SMILES string of the molecule is CCOc1ccc2ccccc2c1C(=O)N1C(C)CCCC1C. The van der Waals surface area contributed by atoms with E-state index in [1.54, 1.807) is 0 Å². The summed E-state index contributed by atoms with van der Waals surface area (Å²) >= 11 is 0. The summed E-state index contributed by atoms with van der Waals surface area (Å²) in [4.78, 5) is 15.4. The standard InChI is InChI=1S/C20H25NO2/c1-4-23-18-13-12-16-10-5-6-11-17(16)19(18)20(22)21-14(2)8-7-9-15(21)3/h5-6,10-15H,4,7-9H2,1-3H3. The maximum Gasteiger partial charge on any atom is 0.258 e. The molecule has 1 aliphatic rings. The van der Waals surface area contributed by atoms with E-state index in [0.717, 1.165) is 23.6 Å². The fraction of sp³-hybridized carbons (Fsp3) is 0.450. The van der Waals surface area contributed by atoms with Crippen molar-refractivity contribution in [1.29, 1.82) is 0 Å². The maximum absolute atomic E-state index is 13.4. The molecule has 0 aromatic heterocycles. The summed E-state index contributed by atoms with van der Waals surface area (Å²) in [5.74, 6) is 0.797. The van der Waals surface area contributed by atoms with Gasteiger partial charge in [-0.1, -0.05) is 30.3 Å². The molecule has 1 aliphatic heterocycles. The Labute approximate surface area is 138 Å². The van der Waals surface area contributed by atoms with Crippen molar-refractivity contribution < 1.29 is 9.53 Å². The normalized spacial score (nSPS) is 21.4. The molecule has 1 fully saturated rings. The van der Waals surface area contributed by atoms with Crippen LogP contribution >= 0.6 is 0 Å². The van der Waals surface area contributed by atoms with Gasteiger partial charge in [0.15, 0.2) is 0 Å². The number of ether oxygens (including phenoxy) is 1. The minimum Gasteiger partial charge on any atom is -0.493 e. The van der Waals surface area contributed by atoms with Crippen LogP contribution in [0.3, 0.4) is 0 Å². The third-order valence-electron chi connectivity index (χ3n) is 4.83. The molecule has 1 amide bonds. The number of fused-ring (bicyclic) bond motifs is 1. The lowest BCUT2D eigenvalue weighted by molar-refractivity contribution is 0.0509. The molecule has 2 unspecified atom stereocenters. The van der Waals surface area contributed by atoms with Gasteiger partial charge in [-0.25, -0.2) is 0 Å². The first-order valence-corrected chi connectivity index (χ1v) is 8.60. The van der Waals surface area contributed by atoms with Gasteiger partial charge in [0.2, 0.25) is 0 Å². The summed E-state index contributed by atoms with van der Waals surface area (Å²) in [7, 11) is 0. The number of amides is 1. The molecule has 0 saturated carbocycles. The number of likely N-dealkylation sites (tertiary alicyclic amines) is 1. The largest absolute Gasteiger partial charge is 0.493 e. The average molecular weight is 311 g/mol. The lowest BCUT2D eigenvalue weighted by Gasteiger charge is -2.39. The molecule has 3 heteroatoms. The number of benzene rings is 2. The Kier molecular flexibility index (Phi) is 4.56. The Morgan fingerprint density at radius 2 is 1.83 bits per heavy atom. The zero-order valence-corrected chi connectivity index (χ0v) is 14.2. The second-order valence-electron chi connectivity index (χ2n) is 6.43. The maximum atomic E-state index is 13.4. The first-order chi connectivity index (χ1) is 11.1. The lowest BCUT2D eigenvalue weighted by Crippen LogP contribution is -2.47. The number of rotatable bonds is 3. The second-order valence-corrected chi connectivity index (χ2v) is 6.43. The third kappa shape index (κ3) is 2.92. The summed E-state index contributed by atoms with van der Waals surface area (Å²) in [6, 6.07) is 12.6. The van der Waals surface area contributed by atoms with Crippen LogP contribution in [0.2, 0.25) is 0 Å². The van der Waals surface area contributed by atoms with Crippen LogP contribution in [0.5, 0.6) is 5.75 Å². The molecule has 3 rings (SSSR count). The van der Waals surface area contributed by atoms with Crippen LogP contribution in [-0.2, 0) is 0 Å². The Hall–Kier alpha value is -2.03. The van der Waals surface area contributed by atoms with Gasteiger partial charge in [-0.15, -0.1) is 0 Å². The van der Waals surface area contributed by atoms with Crippen molar-refractivity contribution in [3.05, 3.63) is 42.0 Å². The van der Waals surface area contributed by atoms with Gasteiger partial charge >= 0.3 is 0 Å². The number of hydrogen-bond donors (Lipinski definition) is 0. The van der Waals surface area contributed by atoms with E-state index in [9.17, 15) is 4.79 Å². The quantitative estimate of drug-likeness (QED) is 0.826. The van der Waals surface area contributed by atoms with E-state index < -0.39 is 0 Å². The summed E-state index contributed by atoms with van der Waals surface area (Å²) in [6.07, 6.45) is 3.34. The molecule has 1 saturated heterocycles. The van der Waals surface area contributed by atoms with E-state index in [1.807, 2.05) is 48.2 Å². The van der Waals surface area contributed by atoms with Crippen LogP contribution in [-0.4, -0.2) is 29.5 Å². The van der Waals surface area contributed by atoms with Crippen LogP contribution < -0.4 is 4.74 Å². The summed E-state index contributed by atoms with van der Waals surface area (Å²) in [6.45, 7) is 6.82. The first kappa shape index (κ1) is 15.9. The van der Waals surface area contributed by atoms with E-state index in [-0.39, 0.29) is 18.0 Å². The molecule has 2 aromatic carbocycles. The monoisotopic (exact) mass is 311 g/mol. The molecule has 2 aromatic rings. The number of carbonyl (C=O) groups is 1. The predicted molar refractivity (Wildman–Crippen MR) is 94.1 cm³/mol. The van der Waals surface area contributed by atoms with Gasteiger partial charge in [0.05, 0.1) is 12.2 Å². The van der Waals surface area contributed by atoms with Gasteiger partial charge in [-0.3, -0.25) is 4.79 Å². The molecule has 0 bridgehead atoms. The van der Waals surface area contributed by atoms with E-state index >= 15 is 0 Å². The first-order valence-electron chi connectivity index (χ1n) is 8.60. The Balaban J connectivity index is 2.12. The Morgan fingerprint density at radius 1 is 1.13 bits per heavy atom. The van der Waals surface area contributed by atoms with E-state index in [0.29, 0.717) is 17.9 Å². The van der Waals surface area contributed by atoms with Crippen molar-refractivity contribution in [2.24, 2.45) is 0 Å². The molecular weight excluding hydrogens is 286 g/mol. The van der Waals surface area contributed by atoms with Crippen molar-refractivity contribution in [2.45, 2.75) is 52.1 Å². The van der Waals surface area contributed by atoms with Gasteiger partial charge in [-0.05, 0) is 56.9 Å². The van der Waals surface area contributed by atoms with Crippen molar-refractivity contribution in [2.75, 3.05) is 6.61 Å². The highest BCUT2D eigenvalue weighted by atomic mass is 16.5. The van der Waals surface area contributed by atoms with Crippen molar-refractivity contribution >= 4 is 16.7 Å². The Bertz CT molecular complexity index is 700. The molecule has 2 atom stereocenters. The van der Waals surface area contributed by atoms with Gasteiger partial charge in [-0.2, -0.15) is 0 Å². The average Bonchev–Trinajstić information content (AvgIpc) is 2.54. The zero-order chi connectivity index (χ0) is 16.4. The van der Waals surface area contributed by atoms with Crippen LogP contribution in [0.15, 0.2) is 36.4 Å². The van der Waals surface area contributed by atoms with Gasteiger partial charge in [0.25, 0.3) is 5.91 Å². The highest BCUT2D eigenvalue weighted by Crippen LogP contribution is 2.33. The lowest BCUT2D eigenvalue weighted by atomic mass is 9.94. The van der Waals surface area contributed by atoms with Crippen molar-refractivity contribution in [3.63, 3.8) is 0 Å². The number of carbonyl (C=O) groups excluding carboxylic acids is 1. The number of nitrogens with zero attached hydrogens (tertiary/aromatic N) is 1. The highest BCUT2D eigenvalue weighted by Gasteiger charge is 2.32. The molecular formula is C20H25NO2. The van der Waals surface area contributed by atoms with Crippen LogP contribution in [0.25, 0.3) is 10.8 Å². The summed E-state index contributed by atoms with van der Waals surface area (Å²) < 4.78 is 5.78. The van der Waals surface area contributed by atoms with Crippen LogP contribution in [0.1, 0.15) is 50.4 Å². The minimum atomic E-state index is 0.102. The van der Waals surface area contributed by atoms with Gasteiger partial charge in [0, 0.05) is 12.1 Å². The van der Waals surface area contributed by atoms with Crippen LogP contribution in [0, 0.1) is 0 Å². The zero-order valence-electron chi connectivity index (χ0n) is 14.2. The molecule has 3 nitrogen and oxygen atoms in total. The van der Waals surface area contributed by atoms with Gasteiger partial charge in [0.1, 0.15) is 5.75 Å². The fourth-order valence-corrected chi connectivity index (χ4v) is 3.70. The third-order valence-corrected chi connectivity index (χ3v) is 4.83. The topological polar surface area (TPSA) is 29.5 Å². The predicted octanol–water partition coefficient (Wildman–Crippen LogP) is 4.64. The fourth-order valence-electron chi connectivity index (χ4n) is 3.70. The van der Waals surface area contributed by atoms with Gasteiger partial charge < -0.3 is 9.64 Å². The highest BCUT2D eigenvalue weighted by molar-refractivity contribution is 6.09. The molecule has 0 N–H and O–H groups in total. The molecule has 0 radical (unpaired) electrons. The van der Waals surface area contributed by atoms with Crippen LogP contribution in [0.4, 0.5) is 0 Å². The summed E-state index contributed by atoms with van der Waals surface area (Å²) in [5, 5.41) is 2.06. The smallest absolute Gasteiger partial charge is 0.258 e. The van der Waals surface area contributed by atoms with E-state index in [2.05, 4.69) is 13.8 Å². The number of hydrogen-bond acceptors (Lipinski definition) is 2. The molecule has 122 valence electrons. The van der Waals surface area contributed by atoms with E-state index in [4.69, 9.17) is 4.74 Å². The molecule has 0 aliphatic carbocycles. The van der Waals surface area contributed by atoms with Crippen molar-refractivity contribution in [1.82, 2.24) is 4.90 Å². The minimum absolute atomic E-state index is 0.102. The molecule has 23 heavy (non-hydrogen) atoms. The second kappa shape index (κ2) is 6.61. The van der Waals surface area contributed by atoms with Crippen molar-refractivity contribution in [3.8, 4) is 5.75 Å². The van der Waals surface area contributed by atoms with E-state index in [1.165, 1.54) is 6.42 Å². The Morgan fingerprint density at radius 3 is 2.52 bits per heavy atom. The number of piperidine rings is 1. The molecule has 0 spiro atoms. The molecule has 1 heterocycles. The summed E-state index contributed by atoms with van der Waals surface area (Å²) in [5.41, 5.74) is 0.713.